The van der Waals surface area contributed by atoms with Crippen LogP contribution in [0.4, 0.5) is 18.3 Å². The smallest absolute Gasteiger partial charge is 0.295 e. The average Bonchev–Trinajstić information content (AvgIpc) is 3.20. The van der Waals surface area contributed by atoms with Crippen LogP contribution >= 0.6 is 22.9 Å². The number of hydrazine groups is 1. The molecule has 142 valence electrons. The summed E-state index contributed by atoms with van der Waals surface area (Å²) in [6.45, 7) is 3.64. The highest BCUT2D eigenvalue weighted by molar-refractivity contribution is 7.15. The van der Waals surface area contributed by atoms with E-state index in [0.29, 0.717) is 11.3 Å². The molecule has 11 heteroatoms. The van der Waals surface area contributed by atoms with Gasteiger partial charge in [0.25, 0.3) is 5.91 Å². The van der Waals surface area contributed by atoms with Crippen molar-refractivity contribution < 1.29 is 18.0 Å². The summed E-state index contributed by atoms with van der Waals surface area (Å²) in [6.07, 6.45) is -2.46. The van der Waals surface area contributed by atoms with Gasteiger partial charge in [-0.15, -0.1) is 11.3 Å². The molecular weight excluding hydrogens is 403 g/mol. The van der Waals surface area contributed by atoms with Gasteiger partial charge in [0.05, 0.1) is 16.3 Å². The van der Waals surface area contributed by atoms with E-state index in [1.165, 1.54) is 34.2 Å². The molecule has 0 unspecified atom stereocenters. The molecule has 0 aliphatic carbocycles. The third-order valence-electron chi connectivity index (χ3n) is 3.79. The fourth-order valence-electron chi connectivity index (χ4n) is 2.27. The summed E-state index contributed by atoms with van der Waals surface area (Å²) in [5.74, 6) is 5.27. The largest absolute Gasteiger partial charge is 0.417 e. The molecule has 3 aromatic rings. The van der Waals surface area contributed by atoms with Crippen molar-refractivity contribution in [1.29, 1.82) is 0 Å². The van der Waals surface area contributed by atoms with Gasteiger partial charge >= 0.3 is 6.18 Å². The Morgan fingerprint density at radius 1 is 1.37 bits per heavy atom. The molecule has 6 nitrogen and oxygen atoms in total. The van der Waals surface area contributed by atoms with Gasteiger partial charge in [-0.25, -0.2) is 20.8 Å². The number of halogens is 4. The lowest BCUT2D eigenvalue weighted by Crippen LogP contribution is -2.38. The average molecular weight is 416 g/mol. The van der Waals surface area contributed by atoms with Crippen LogP contribution in [0.2, 0.25) is 5.02 Å². The maximum absolute atomic E-state index is 12.8. The van der Waals surface area contributed by atoms with Crippen LogP contribution in [0.25, 0.3) is 5.82 Å². The number of anilines is 1. The van der Waals surface area contributed by atoms with Gasteiger partial charge in [0.15, 0.2) is 5.82 Å². The Labute approximate surface area is 161 Å². The number of amides is 1. The van der Waals surface area contributed by atoms with Crippen molar-refractivity contribution in [3.8, 4) is 5.82 Å². The number of rotatable bonds is 3. The Balaban J connectivity index is 1.97. The summed E-state index contributed by atoms with van der Waals surface area (Å²) in [7, 11) is 0. The maximum atomic E-state index is 12.8. The van der Waals surface area contributed by atoms with Crippen LogP contribution in [0.15, 0.2) is 30.6 Å². The Morgan fingerprint density at radius 3 is 2.63 bits per heavy atom. The standard InChI is InChI=1S/C16H13ClF3N5OS/c1-8-9(2)27-15(23-8)25(21)14(26)12-4-3-5-24(12)13-11(17)6-10(7-22-13)16(18,19)20/h3-7H,21H2,1-2H3. The fourth-order valence-corrected chi connectivity index (χ4v) is 3.36. The first-order valence-corrected chi connectivity index (χ1v) is 8.72. The molecule has 0 aliphatic heterocycles. The quantitative estimate of drug-likeness (QED) is 0.396. The highest BCUT2D eigenvalue weighted by Gasteiger charge is 2.32. The Kier molecular flexibility index (Phi) is 4.98. The molecule has 27 heavy (non-hydrogen) atoms. The van der Waals surface area contributed by atoms with Crippen LogP contribution in [-0.4, -0.2) is 20.4 Å². The van der Waals surface area contributed by atoms with E-state index in [-0.39, 0.29) is 16.5 Å². The van der Waals surface area contributed by atoms with Crippen molar-refractivity contribution in [2.75, 3.05) is 5.01 Å². The highest BCUT2D eigenvalue weighted by Crippen LogP contribution is 2.32. The molecule has 3 heterocycles. The summed E-state index contributed by atoms with van der Waals surface area (Å²) in [5.41, 5.74) is -0.149. The molecule has 0 aliphatic rings. The zero-order chi connectivity index (χ0) is 19.9. The minimum absolute atomic E-state index is 0.0158. The number of hydrogen-bond acceptors (Lipinski definition) is 5. The molecule has 0 aromatic carbocycles. The first-order chi connectivity index (χ1) is 12.6. The van der Waals surface area contributed by atoms with Gasteiger partial charge in [-0.1, -0.05) is 11.6 Å². The third kappa shape index (κ3) is 3.68. The minimum atomic E-state index is -4.57. The summed E-state index contributed by atoms with van der Waals surface area (Å²) in [6, 6.07) is 3.76. The van der Waals surface area contributed by atoms with Crippen molar-refractivity contribution in [1.82, 2.24) is 14.5 Å². The predicted octanol–water partition coefficient (Wildman–Crippen LogP) is 4.14. The molecule has 0 fully saturated rings. The van der Waals surface area contributed by atoms with Crippen molar-refractivity contribution in [2.24, 2.45) is 5.84 Å². The number of carbonyl (C=O) groups excluding carboxylic acids is 1. The van der Waals surface area contributed by atoms with E-state index in [9.17, 15) is 18.0 Å². The Morgan fingerprint density at radius 2 is 2.07 bits per heavy atom. The zero-order valence-electron chi connectivity index (χ0n) is 14.1. The summed E-state index contributed by atoms with van der Waals surface area (Å²) >= 11 is 7.23. The second kappa shape index (κ2) is 6.95. The van der Waals surface area contributed by atoms with Crippen molar-refractivity contribution in [3.05, 3.63) is 57.4 Å². The number of aryl methyl sites for hydroxylation is 2. The highest BCUT2D eigenvalue weighted by atomic mass is 35.5. The molecule has 1 amide bonds. The molecule has 2 N–H and O–H groups in total. The normalized spacial score (nSPS) is 11.7. The Hall–Kier alpha value is -2.43. The van der Waals surface area contributed by atoms with Gasteiger partial charge in [-0.05, 0) is 32.0 Å². The number of nitrogens with two attached hydrogens (primary N) is 1. The van der Waals surface area contributed by atoms with Crippen LogP contribution in [0, 0.1) is 13.8 Å². The van der Waals surface area contributed by atoms with Crippen LogP contribution in [0.1, 0.15) is 26.6 Å². The summed E-state index contributed by atoms with van der Waals surface area (Å²) in [5, 5.41) is 0.933. The molecule has 0 atom stereocenters. The molecule has 3 aromatic heterocycles. The topological polar surface area (TPSA) is 77.0 Å². The van der Waals surface area contributed by atoms with Gasteiger partial charge in [0.1, 0.15) is 5.69 Å². The van der Waals surface area contributed by atoms with Gasteiger partial charge in [-0.2, -0.15) is 13.2 Å². The first kappa shape index (κ1) is 19.3. The van der Waals surface area contributed by atoms with Crippen molar-refractivity contribution in [2.45, 2.75) is 20.0 Å². The minimum Gasteiger partial charge on any atom is -0.295 e. The van der Waals surface area contributed by atoms with E-state index in [1.54, 1.807) is 6.92 Å². The van der Waals surface area contributed by atoms with Crippen LogP contribution in [-0.2, 0) is 6.18 Å². The fraction of sp³-hybridized carbons (Fsp3) is 0.188. The monoisotopic (exact) mass is 415 g/mol. The SMILES string of the molecule is Cc1nc(N(N)C(=O)c2cccn2-c2ncc(C(F)(F)F)cc2Cl)sc1C. The number of pyridine rings is 1. The van der Waals surface area contributed by atoms with Gasteiger partial charge in [0, 0.05) is 17.3 Å². The van der Waals surface area contributed by atoms with E-state index >= 15 is 0 Å². The molecule has 0 radical (unpaired) electrons. The lowest BCUT2D eigenvalue weighted by molar-refractivity contribution is -0.137. The molecular formula is C16H13ClF3N5OS. The first-order valence-electron chi connectivity index (χ1n) is 7.53. The Bertz CT molecular complexity index is 994. The number of aromatic nitrogens is 3. The van der Waals surface area contributed by atoms with Gasteiger partial charge < -0.3 is 0 Å². The van der Waals surface area contributed by atoms with E-state index in [4.69, 9.17) is 17.4 Å². The number of alkyl halides is 3. The van der Waals surface area contributed by atoms with Gasteiger partial charge in [0.2, 0.25) is 5.13 Å². The second-order valence-corrected chi connectivity index (χ2v) is 7.19. The van der Waals surface area contributed by atoms with Crippen LogP contribution < -0.4 is 10.9 Å². The van der Waals surface area contributed by atoms with Crippen molar-refractivity contribution >= 4 is 34.0 Å². The number of nitrogens with zero attached hydrogens (tertiary/aromatic N) is 4. The number of hydrogen-bond donors (Lipinski definition) is 1. The van der Waals surface area contributed by atoms with E-state index < -0.39 is 17.6 Å². The van der Waals surface area contributed by atoms with Gasteiger partial charge in [-0.3, -0.25) is 9.36 Å². The maximum Gasteiger partial charge on any atom is 0.417 e. The second-order valence-electron chi connectivity index (χ2n) is 5.60. The lowest BCUT2D eigenvalue weighted by atomic mass is 10.2. The van der Waals surface area contributed by atoms with Crippen molar-refractivity contribution in [3.63, 3.8) is 0 Å². The summed E-state index contributed by atoms with van der Waals surface area (Å²) < 4.78 is 39.6. The third-order valence-corrected chi connectivity index (χ3v) is 5.14. The van der Waals surface area contributed by atoms with E-state index in [1.807, 2.05) is 6.92 Å². The molecule has 3 rings (SSSR count). The molecule has 0 bridgehead atoms. The molecule has 0 saturated heterocycles. The van der Waals surface area contributed by atoms with Crippen LogP contribution in [0.3, 0.4) is 0 Å². The van der Waals surface area contributed by atoms with Crippen LogP contribution in [0.5, 0.6) is 0 Å². The van der Waals surface area contributed by atoms with E-state index in [2.05, 4.69) is 9.97 Å². The number of carbonyl (C=O) groups is 1. The lowest BCUT2D eigenvalue weighted by Gasteiger charge is -2.16. The summed E-state index contributed by atoms with van der Waals surface area (Å²) in [4.78, 5) is 21.7. The molecule has 0 spiro atoms. The zero-order valence-corrected chi connectivity index (χ0v) is 15.7. The van der Waals surface area contributed by atoms with E-state index in [0.717, 1.165) is 21.6 Å². The molecule has 0 saturated carbocycles. The number of thiazole rings is 1. The predicted molar refractivity (Wildman–Crippen MR) is 96.2 cm³/mol.